The maximum Gasteiger partial charge on any atom is 0.331 e. The quantitative estimate of drug-likeness (QED) is 0.267. The van der Waals surface area contributed by atoms with Crippen molar-refractivity contribution in [3.63, 3.8) is 0 Å². The van der Waals surface area contributed by atoms with Crippen LogP contribution in [-0.2, 0) is 19.0 Å². The van der Waals surface area contributed by atoms with Gasteiger partial charge < -0.3 is 39.7 Å². The van der Waals surface area contributed by atoms with Gasteiger partial charge in [0.05, 0.1) is 36.1 Å². The molecule has 0 amide bonds. The zero-order valence-electron chi connectivity index (χ0n) is 22.6. The molecule has 0 radical (unpaired) electrons. The standard InChI is InChI=1S/C29H44O9/c1-16-25(33)22(31)12-24(37-16)38-18-3-8-27(15-30)20-4-7-26(2)19(17-11-23(32)36-14-17)6-10-29(26,35)21(20)5-9-28(27,34)13-18/h11,16,18-22,24-25,30-31,33-35H,3-10,12-15H2,1-2H3/t16-,18+,19-,20+,21?,22+,24+,25-,26-,27+,28+,29+/m1/s1. The number of hydrogen-bond donors (Lipinski definition) is 5. The van der Waals surface area contributed by atoms with Gasteiger partial charge in [0.25, 0.3) is 0 Å². The van der Waals surface area contributed by atoms with Crippen molar-refractivity contribution < 1.29 is 44.5 Å². The van der Waals surface area contributed by atoms with E-state index in [2.05, 4.69) is 6.92 Å². The maximum absolute atomic E-state index is 12.4. The van der Waals surface area contributed by atoms with Crippen LogP contribution < -0.4 is 0 Å². The Morgan fingerprint density at radius 1 is 1.05 bits per heavy atom. The summed E-state index contributed by atoms with van der Waals surface area (Å²) in [5.74, 6) is -0.245. The van der Waals surface area contributed by atoms with E-state index < -0.39 is 41.2 Å². The lowest BCUT2D eigenvalue weighted by Gasteiger charge is -2.66. The largest absolute Gasteiger partial charge is 0.458 e. The van der Waals surface area contributed by atoms with Gasteiger partial charge in [0, 0.05) is 29.7 Å². The minimum atomic E-state index is -1.12. The van der Waals surface area contributed by atoms with Gasteiger partial charge in [-0.2, -0.15) is 0 Å². The van der Waals surface area contributed by atoms with E-state index in [9.17, 15) is 30.3 Å². The van der Waals surface area contributed by atoms with Crippen LogP contribution in [0.1, 0.15) is 78.1 Å². The first-order valence-electron chi connectivity index (χ1n) is 14.6. The van der Waals surface area contributed by atoms with Gasteiger partial charge in [-0.05, 0) is 81.6 Å². The highest BCUT2D eigenvalue weighted by Gasteiger charge is 2.71. The summed E-state index contributed by atoms with van der Waals surface area (Å²) < 4.78 is 17.2. The third-order valence-electron chi connectivity index (χ3n) is 12.1. The fourth-order valence-electron chi connectivity index (χ4n) is 9.94. The first-order valence-corrected chi connectivity index (χ1v) is 14.6. The lowest BCUT2D eigenvalue weighted by molar-refractivity contribution is -0.297. The zero-order chi connectivity index (χ0) is 27.1. The molecule has 0 aromatic heterocycles. The van der Waals surface area contributed by atoms with Crippen LogP contribution in [0.5, 0.6) is 0 Å². The molecule has 4 aliphatic carbocycles. The number of fused-ring (bicyclic) bond motifs is 5. The molecule has 38 heavy (non-hydrogen) atoms. The Morgan fingerprint density at radius 3 is 2.50 bits per heavy atom. The summed E-state index contributed by atoms with van der Waals surface area (Å²) in [5.41, 5.74) is -2.15. The van der Waals surface area contributed by atoms with Crippen LogP contribution in [-0.4, -0.2) is 86.6 Å². The fraction of sp³-hybridized carbons (Fsp3) is 0.897. The number of aliphatic hydroxyl groups is 5. The van der Waals surface area contributed by atoms with Gasteiger partial charge in [0.1, 0.15) is 12.7 Å². The molecule has 9 nitrogen and oxygen atoms in total. The van der Waals surface area contributed by atoms with Gasteiger partial charge in [0.15, 0.2) is 6.29 Å². The Morgan fingerprint density at radius 2 is 1.82 bits per heavy atom. The molecule has 0 bridgehead atoms. The highest BCUT2D eigenvalue weighted by molar-refractivity contribution is 5.85. The Balaban J connectivity index is 1.21. The molecule has 1 unspecified atom stereocenters. The highest BCUT2D eigenvalue weighted by atomic mass is 16.7. The van der Waals surface area contributed by atoms with Crippen LogP contribution >= 0.6 is 0 Å². The summed E-state index contributed by atoms with van der Waals surface area (Å²) in [6, 6.07) is 0. The van der Waals surface area contributed by atoms with E-state index in [-0.39, 0.29) is 48.3 Å². The SMILES string of the molecule is C[C@H]1O[C@@H](O[C@H]2CC[C@]3(CO)[C@H]4CC[C@]5(C)[C@@H](C6=CC(=O)OC6)CC[C@]5(O)C4CC[C@]3(O)C2)C[C@H](O)[C@@H]1O. The van der Waals surface area contributed by atoms with Gasteiger partial charge >= 0.3 is 5.97 Å². The summed E-state index contributed by atoms with van der Waals surface area (Å²) >= 11 is 0. The molecule has 0 aromatic rings. The van der Waals surface area contributed by atoms with E-state index in [4.69, 9.17) is 14.2 Å². The molecular formula is C29H44O9. The average molecular weight is 537 g/mol. The van der Waals surface area contributed by atoms with Crippen molar-refractivity contribution in [2.75, 3.05) is 13.2 Å². The molecular weight excluding hydrogens is 492 g/mol. The summed E-state index contributed by atoms with van der Waals surface area (Å²) in [7, 11) is 0. The number of carbonyl (C=O) groups is 1. The number of rotatable bonds is 4. The van der Waals surface area contributed by atoms with Crippen molar-refractivity contribution in [1.82, 2.24) is 0 Å². The molecule has 0 aromatic carbocycles. The van der Waals surface area contributed by atoms with Crippen LogP contribution in [0.2, 0.25) is 0 Å². The normalized spacial score (nSPS) is 54.5. The molecule has 214 valence electrons. The second-order valence-corrected chi connectivity index (χ2v) is 13.5. The molecule has 6 aliphatic rings. The lowest BCUT2D eigenvalue weighted by atomic mass is 9.41. The van der Waals surface area contributed by atoms with Gasteiger partial charge in [-0.3, -0.25) is 0 Å². The van der Waals surface area contributed by atoms with E-state index in [1.165, 1.54) is 0 Å². The van der Waals surface area contributed by atoms with Crippen molar-refractivity contribution >= 4 is 5.97 Å². The van der Waals surface area contributed by atoms with E-state index >= 15 is 0 Å². The molecule has 2 aliphatic heterocycles. The number of aliphatic hydroxyl groups excluding tert-OH is 3. The van der Waals surface area contributed by atoms with E-state index in [0.29, 0.717) is 45.1 Å². The minimum Gasteiger partial charge on any atom is -0.458 e. The fourth-order valence-corrected chi connectivity index (χ4v) is 9.94. The van der Waals surface area contributed by atoms with Crippen LogP contribution in [0.4, 0.5) is 0 Å². The average Bonchev–Trinajstić information content (AvgIpc) is 3.41. The molecule has 0 spiro atoms. The summed E-state index contributed by atoms with van der Waals surface area (Å²) in [6.07, 6.45) is 4.24. The molecule has 5 N–H and O–H groups in total. The van der Waals surface area contributed by atoms with Crippen molar-refractivity contribution in [2.45, 2.75) is 120 Å². The maximum atomic E-state index is 12.4. The monoisotopic (exact) mass is 536 g/mol. The topological polar surface area (TPSA) is 146 Å². The van der Waals surface area contributed by atoms with E-state index in [0.717, 1.165) is 24.8 Å². The lowest BCUT2D eigenvalue weighted by Crippen LogP contribution is -2.69. The molecule has 5 fully saturated rings. The summed E-state index contributed by atoms with van der Waals surface area (Å²) in [5, 5.41) is 55.6. The molecule has 12 atom stereocenters. The first-order chi connectivity index (χ1) is 18.0. The summed E-state index contributed by atoms with van der Waals surface area (Å²) in [6.45, 7) is 4.05. The third kappa shape index (κ3) is 3.72. The highest BCUT2D eigenvalue weighted by Crippen LogP contribution is 2.70. The van der Waals surface area contributed by atoms with Gasteiger partial charge in [-0.25, -0.2) is 4.79 Å². The number of ether oxygens (including phenoxy) is 3. The van der Waals surface area contributed by atoms with Crippen LogP contribution in [0, 0.1) is 28.6 Å². The van der Waals surface area contributed by atoms with Crippen LogP contribution in [0.3, 0.4) is 0 Å². The van der Waals surface area contributed by atoms with Crippen molar-refractivity contribution in [3.05, 3.63) is 11.6 Å². The van der Waals surface area contributed by atoms with Crippen molar-refractivity contribution in [3.8, 4) is 0 Å². The van der Waals surface area contributed by atoms with Crippen LogP contribution in [0.15, 0.2) is 11.6 Å². The predicted octanol–water partition coefficient (Wildman–Crippen LogP) is 1.57. The van der Waals surface area contributed by atoms with Crippen molar-refractivity contribution in [2.24, 2.45) is 28.6 Å². The number of hydrogen-bond acceptors (Lipinski definition) is 9. The third-order valence-corrected chi connectivity index (χ3v) is 12.1. The van der Waals surface area contributed by atoms with E-state index in [1.54, 1.807) is 13.0 Å². The van der Waals surface area contributed by atoms with E-state index in [1.807, 2.05) is 0 Å². The second kappa shape index (κ2) is 9.23. The Kier molecular flexibility index (Phi) is 6.58. The number of carbonyl (C=O) groups excluding carboxylic acids is 1. The molecule has 2 heterocycles. The van der Waals surface area contributed by atoms with Gasteiger partial charge in [-0.15, -0.1) is 0 Å². The summed E-state index contributed by atoms with van der Waals surface area (Å²) in [4.78, 5) is 11.8. The Labute approximate surface area is 224 Å². The number of esters is 1. The first kappa shape index (κ1) is 27.1. The van der Waals surface area contributed by atoms with Crippen molar-refractivity contribution in [1.29, 1.82) is 0 Å². The Hall–Kier alpha value is -1.07. The predicted molar refractivity (Wildman–Crippen MR) is 134 cm³/mol. The Bertz CT molecular complexity index is 973. The zero-order valence-corrected chi connectivity index (χ0v) is 22.6. The van der Waals surface area contributed by atoms with Gasteiger partial charge in [-0.1, -0.05) is 6.92 Å². The molecule has 4 saturated carbocycles. The second-order valence-electron chi connectivity index (χ2n) is 13.5. The minimum absolute atomic E-state index is 0.0117. The van der Waals surface area contributed by atoms with Crippen LogP contribution in [0.25, 0.3) is 0 Å². The molecule has 1 saturated heterocycles. The smallest absolute Gasteiger partial charge is 0.331 e. The number of cyclic esters (lactones) is 1. The van der Waals surface area contributed by atoms with Gasteiger partial charge in [0.2, 0.25) is 0 Å². The molecule has 6 rings (SSSR count). The molecule has 9 heteroatoms.